The second-order valence-electron chi connectivity index (χ2n) is 6.21. The summed E-state index contributed by atoms with van der Waals surface area (Å²) < 4.78 is 52.2. The van der Waals surface area contributed by atoms with Crippen LogP contribution in [0.1, 0.15) is 6.23 Å². The van der Waals surface area contributed by atoms with Crippen molar-refractivity contribution in [2.45, 2.75) is 23.7 Å². The zero-order valence-corrected chi connectivity index (χ0v) is 18.9. The molecule has 0 bridgehead atoms. The fraction of sp³-hybridized carbons (Fsp3) is 0.500. The lowest BCUT2D eigenvalue weighted by Gasteiger charge is -2.19. The second-order valence-corrected chi connectivity index (χ2v) is 11.2. The molecule has 1 aliphatic heterocycles. The van der Waals surface area contributed by atoms with E-state index >= 15 is 0 Å². The number of rotatable bonds is 8. The molecule has 180 valence electrons. The number of imidazole rings is 1. The van der Waals surface area contributed by atoms with E-state index in [2.05, 4.69) is 40.7 Å². The van der Waals surface area contributed by atoms with Gasteiger partial charge < -0.3 is 35.2 Å². The summed E-state index contributed by atoms with van der Waals surface area (Å²) in [5, 5.41) is 9.32. The second kappa shape index (κ2) is 8.88. The quantitative estimate of drug-likeness (QED) is 0.141. The lowest BCUT2D eigenvalue weighted by Crippen LogP contribution is -2.30. The summed E-state index contributed by atoms with van der Waals surface area (Å²) in [4.78, 5) is 57.6. The lowest BCUT2D eigenvalue weighted by atomic mass is 10.2. The molecule has 22 heteroatoms. The SMILES string of the molecule is Nc1nc2c(ncn2[C@@H]2O[C@H](COP(=O)(O)OP(=O)(O)OP(=O)(O)O)[C@H](O)[C@H]2S)c(=O)[nH]1. The van der Waals surface area contributed by atoms with Gasteiger partial charge in [-0.15, -0.1) is 0 Å². The number of hydrogen-bond acceptors (Lipinski definition) is 13. The van der Waals surface area contributed by atoms with Gasteiger partial charge in [-0.05, 0) is 0 Å². The molecule has 0 saturated carbocycles. The van der Waals surface area contributed by atoms with Crippen molar-refractivity contribution >= 4 is 53.2 Å². The van der Waals surface area contributed by atoms with E-state index in [-0.39, 0.29) is 17.1 Å². The third-order valence-electron chi connectivity index (χ3n) is 3.88. The minimum Gasteiger partial charge on any atom is -0.389 e. The van der Waals surface area contributed by atoms with Gasteiger partial charge in [-0.25, -0.2) is 18.7 Å². The molecule has 0 amide bonds. The standard InChI is InChI=1S/C10H16N5O13P3S/c11-10-13-7-4(8(17)14-10)12-2-15(7)9-6(32)5(16)3(26-9)1-25-30(21,22)28-31(23,24)27-29(18,19)20/h2-3,5-6,9,16,32H,1H2,(H,21,22)(H,23,24)(H2,18,19,20)(H3,11,13,14,17)/t3-,5+,6-,9-/m1/s1. The number of H-pyrrole nitrogens is 1. The molecule has 18 nitrogen and oxygen atoms in total. The molecule has 3 heterocycles. The van der Waals surface area contributed by atoms with Crippen molar-refractivity contribution in [3.8, 4) is 0 Å². The van der Waals surface area contributed by atoms with Crippen LogP contribution in [0.4, 0.5) is 5.95 Å². The number of nitrogen functional groups attached to an aromatic ring is 1. The van der Waals surface area contributed by atoms with Crippen LogP contribution in [-0.4, -0.2) is 68.3 Å². The van der Waals surface area contributed by atoms with Crippen molar-refractivity contribution in [1.82, 2.24) is 19.5 Å². The molecule has 1 fully saturated rings. The molecule has 2 aromatic heterocycles. The number of phosphoric ester groups is 1. The van der Waals surface area contributed by atoms with Crippen LogP contribution in [0, 0.1) is 0 Å². The maximum Gasteiger partial charge on any atom is 0.490 e. The maximum atomic E-state index is 11.9. The minimum atomic E-state index is -5.70. The summed E-state index contributed by atoms with van der Waals surface area (Å²) in [6, 6.07) is 0. The first-order valence-electron chi connectivity index (χ1n) is 8.11. The number of ether oxygens (including phenoxy) is 1. The Morgan fingerprint density at radius 3 is 2.50 bits per heavy atom. The summed E-state index contributed by atoms with van der Waals surface area (Å²) in [5.74, 6) is -0.220. The molecule has 2 unspecified atom stereocenters. The van der Waals surface area contributed by atoms with Gasteiger partial charge in [0.25, 0.3) is 5.56 Å². The van der Waals surface area contributed by atoms with Crippen LogP contribution >= 0.6 is 36.1 Å². The van der Waals surface area contributed by atoms with Gasteiger partial charge in [-0.3, -0.25) is 18.9 Å². The third-order valence-corrected chi connectivity index (χ3v) is 8.24. The normalized spacial score (nSPS) is 27.9. The molecule has 1 saturated heterocycles. The Morgan fingerprint density at radius 2 is 1.88 bits per heavy atom. The van der Waals surface area contributed by atoms with Crippen molar-refractivity contribution in [2.24, 2.45) is 0 Å². The highest BCUT2D eigenvalue weighted by molar-refractivity contribution is 7.81. The Morgan fingerprint density at radius 1 is 1.22 bits per heavy atom. The third kappa shape index (κ3) is 5.84. The number of thiol groups is 1. The van der Waals surface area contributed by atoms with Gasteiger partial charge >= 0.3 is 23.5 Å². The van der Waals surface area contributed by atoms with E-state index in [1.807, 2.05) is 0 Å². The van der Waals surface area contributed by atoms with E-state index < -0.39 is 59.3 Å². The van der Waals surface area contributed by atoms with Crippen LogP contribution in [0.2, 0.25) is 0 Å². The Hall–Kier alpha value is -1.17. The summed E-state index contributed by atoms with van der Waals surface area (Å²) in [5.41, 5.74) is 4.79. The number of nitrogens with zero attached hydrogens (tertiary/aromatic N) is 3. The fourth-order valence-electron chi connectivity index (χ4n) is 2.70. The highest BCUT2D eigenvalue weighted by Gasteiger charge is 2.46. The number of phosphoric acid groups is 3. The molecular weight excluding hydrogens is 523 g/mol. The van der Waals surface area contributed by atoms with Gasteiger partial charge in [0, 0.05) is 0 Å². The van der Waals surface area contributed by atoms with Crippen LogP contribution < -0.4 is 11.3 Å². The summed E-state index contributed by atoms with van der Waals surface area (Å²) in [6.07, 6.45) is -2.74. The first-order valence-corrected chi connectivity index (χ1v) is 13.1. The van der Waals surface area contributed by atoms with Gasteiger partial charge in [0.15, 0.2) is 17.4 Å². The maximum absolute atomic E-state index is 11.9. The summed E-state index contributed by atoms with van der Waals surface area (Å²) in [6.45, 7) is -0.902. The Balaban J connectivity index is 1.72. The Bertz CT molecular complexity index is 1210. The number of aromatic nitrogens is 4. The Kier molecular flexibility index (Phi) is 7.07. The molecule has 0 spiro atoms. The van der Waals surface area contributed by atoms with Crippen molar-refractivity contribution < 1.29 is 56.3 Å². The van der Waals surface area contributed by atoms with Gasteiger partial charge in [0.1, 0.15) is 6.10 Å². The number of hydrogen-bond donors (Lipinski definition) is 8. The van der Waals surface area contributed by atoms with Gasteiger partial charge in [0.05, 0.1) is 24.3 Å². The number of aliphatic hydroxyl groups is 1. The summed E-state index contributed by atoms with van der Waals surface area (Å²) >= 11 is 4.21. The number of aromatic amines is 1. The van der Waals surface area contributed by atoms with Crippen LogP contribution in [0.5, 0.6) is 0 Å². The first kappa shape index (κ1) is 25.5. The highest BCUT2D eigenvalue weighted by Crippen LogP contribution is 2.66. The van der Waals surface area contributed by atoms with Crippen LogP contribution in [0.15, 0.2) is 11.1 Å². The van der Waals surface area contributed by atoms with Crippen LogP contribution in [0.25, 0.3) is 11.2 Å². The average Bonchev–Trinajstić information content (AvgIpc) is 3.12. The molecule has 32 heavy (non-hydrogen) atoms. The molecule has 6 atom stereocenters. The fourth-order valence-corrected chi connectivity index (χ4v) is 6.13. The molecule has 8 N–H and O–H groups in total. The average molecular weight is 539 g/mol. The molecule has 1 aliphatic rings. The molecule has 0 aromatic carbocycles. The van der Waals surface area contributed by atoms with Gasteiger partial charge in [-0.2, -0.15) is 26.2 Å². The molecule has 3 rings (SSSR count). The Labute approximate surface area is 182 Å². The van der Waals surface area contributed by atoms with E-state index in [1.54, 1.807) is 0 Å². The molecule has 0 radical (unpaired) electrons. The zero-order valence-electron chi connectivity index (χ0n) is 15.3. The van der Waals surface area contributed by atoms with Crippen molar-refractivity contribution in [3.63, 3.8) is 0 Å². The van der Waals surface area contributed by atoms with E-state index in [0.717, 1.165) is 6.33 Å². The van der Waals surface area contributed by atoms with E-state index in [0.29, 0.717) is 0 Å². The first-order chi connectivity index (χ1) is 14.6. The molecular formula is C10H16N5O13P3S. The highest BCUT2D eigenvalue weighted by atomic mass is 32.1. The number of nitrogens with two attached hydrogens (primary N) is 1. The van der Waals surface area contributed by atoms with Crippen molar-refractivity contribution in [3.05, 3.63) is 16.7 Å². The molecule has 2 aromatic rings. The monoisotopic (exact) mass is 539 g/mol. The number of anilines is 1. The smallest absolute Gasteiger partial charge is 0.389 e. The topological polar surface area (TPSA) is 279 Å². The van der Waals surface area contributed by atoms with Crippen molar-refractivity contribution in [1.29, 1.82) is 0 Å². The predicted molar refractivity (Wildman–Crippen MR) is 105 cm³/mol. The number of fused-ring (bicyclic) bond motifs is 1. The minimum absolute atomic E-state index is 0.00367. The van der Waals surface area contributed by atoms with E-state index in [1.165, 1.54) is 4.57 Å². The lowest BCUT2D eigenvalue weighted by molar-refractivity contribution is -0.0421. The molecule has 0 aliphatic carbocycles. The largest absolute Gasteiger partial charge is 0.490 e. The van der Waals surface area contributed by atoms with Crippen LogP contribution in [0.3, 0.4) is 0 Å². The zero-order chi connectivity index (χ0) is 24.1. The number of nitrogens with one attached hydrogen (secondary N) is 1. The van der Waals surface area contributed by atoms with Gasteiger partial charge in [0.2, 0.25) is 5.95 Å². The number of aliphatic hydroxyl groups excluding tert-OH is 1. The van der Waals surface area contributed by atoms with Crippen molar-refractivity contribution in [2.75, 3.05) is 12.3 Å². The predicted octanol–water partition coefficient (Wildman–Crippen LogP) is -1.40. The summed E-state index contributed by atoms with van der Waals surface area (Å²) in [7, 11) is -16.7. The van der Waals surface area contributed by atoms with Crippen LogP contribution in [-0.2, 0) is 31.6 Å². The van der Waals surface area contributed by atoms with E-state index in [4.69, 9.17) is 25.2 Å². The van der Waals surface area contributed by atoms with Gasteiger partial charge in [-0.1, -0.05) is 0 Å². The van der Waals surface area contributed by atoms with E-state index in [9.17, 15) is 28.5 Å².